The Morgan fingerprint density at radius 3 is 2.03 bits per heavy atom. The van der Waals surface area contributed by atoms with Gasteiger partial charge >= 0.3 is 0 Å². The molecular weight excluding hydrogens is 380 g/mol. The monoisotopic (exact) mass is 406 g/mol. The van der Waals surface area contributed by atoms with Crippen LogP contribution >= 0.6 is 0 Å². The average Bonchev–Trinajstić information content (AvgIpc) is 2.75. The summed E-state index contributed by atoms with van der Waals surface area (Å²) in [6.45, 7) is -0.622. The molecule has 2 atom stereocenters. The van der Waals surface area contributed by atoms with Gasteiger partial charge in [-0.25, -0.2) is 0 Å². The third-order valence-electron chi connectivity index (χ3n) is 4.24. The Labute approximate surface area is 169 Å². The predicted octanol–water partition coefficient (Wildman–Crippen LogP) is 1.90. The van der Waals surface area contributed by atoms with Crippen molar-refractivity contribution in [2.24, 2.45) is 0 Å². The lowest BCUT2D eigenvalue weighted by molar-refractivity contribution is -0.00175. The van der Waals surface area contributed by atoms with E-state index in [-0.39, 0.29) is 23.9 Å². The molecule has 0 aromatic heterocycles. The van der Waals surface area contributed by atoms with Gasteiger partial charge in [0.25, 0.3) is 0 Å². The number of phenols is 1. The highest BCUT2D eigenvalue weighted by Crippen LogP contribution is 2.41. The minimum atomic E-state index is -1.25. The van der Waals surface area contributed by atoms with E-state index in [0.717, 1.165) is 0 Å². The maximum atomic E-state index is 10.7. The SMILES string of the molecule is COc1ccc(C(O)C(CO)Oc2c(OC)cc(/C=C\CO)cc2OC)cc1O. The highest BCUT2D eigenvalue weighted by Gasteiger charge is 2.26. The first-order valence-electron chi connectivity index (χ1n) is 8.84. The van der Waals surface area contributed by atoms with Crippen LogP contribution in [0.25, 0.3) is 6.08 Å². The predicted molar refractivity (Wildman–Crippen MR) is 107 cm³/mol. The molecule has 2 aromatic rings. The number of aliphatic hydroxyl groups excluding tert-OH is 3. The van der Waals surface area contributed by atoms with Gasteiger partial charge in [-0.2, -0.15) is 0 Å². The molecule has 0 bridgehead atoms. The summed E-state index contributed by atoms with van der Waals surface area (Å²) >= 11 is 0. The number of hydrogen-bond donors (Lipinski definition) is 4. The molecule has 0 amide bonds. The van der Waals surface area contributed by atoms with Gasteiger partial charge in [-0.3, -0.25) is 0 Å². The van der Waals surface area contributed by atoms with Crippen molar-refractivity contribution in [3.63, 3.8) is 0 Å². The molecule has 29 heavy (non-hydrogen) atoms. The van der Waals surface area contributed by atoms with E-state index in [1.165, 1.54) is 33.5 Å². The lowest BCUT2D eigenvalue weighted by Gasteiger charge is -2.25. The molecule has 4 N–H and O–H groups in total. The number of rotatable bonds is 10. The van der Waals surface area contributed by atoms with Crippen LogP contribution < -0.4 is 18.9 Å². The van der Waals surface area contributed by atoms with Gasteiger partial charge in [-0.1, -0.05) is 18.2 Å². The molecule has 2 rings (SSSR count). The molecule has 8 heteroatoms. The van der Waals surface area contributed by atoms with Crippen LogP contribution in [0, 0.1) is 0 Å². The lowest BCUT2D eigenvalue weighted by Crippen LogP contribution is -2.29. The van der Waals surface area contributed by atoms with Crippen molar-refractivity contribution in [2.75, 3.05) is 34.5 Å². The van der Waals surface area contributed by atoms with Crippen LogP contribution in [0.1, 0.15) is 17.2 Å². The minimum absolute atomic E-state index is 0.115. The summed E-state index contributed by atoms with van der Waals surface area (Å²) in [5.41, 5.74) is 1.05. The standard InChI is InChI=1S/C21H26O8/c1-26-16-7-6-14(11-15(16)24)20(25)19(12-23)29-21-17(27-2)9-13(5-4-8-22)10-18(21)28-3/h4-7,9-11,19-20,22-25H,8,12H2,1-3H3/b5-4-. The Hall–Kier alpha value is -2.94. The fraction of sp³-hybridized carbons (Fsp3) is 0.333. The summed E-state index contributed by atoms with van der Waals surface area (Å²) in [5.74, 6) is 0.968. The Morgan fingerprint density at radius 1 is 0.931 bits per heavy atom. The number of hydrogen-bond acceptors (Lipinski definition) is 8. The van der Waals surface area contributed by atoms with Crippen molar-refractivity contribution in [1.82, 2.24) is 0 Å². The Kier molecular flexibility index (Phi) is 8.14. The summed E-state index contributed by atoms with van der Waals surface area (Å²) < 4.78 is 21.6. The van der Waals surface area contributed by atoms with E-state index in [1.54, 1.807) is 30.4 Å². The molecule has 0 radical (unpaired) electrons. The van der Waals surface area contributed by atoms with E-state index in [0.29, 0.717) is 22.6 Å². The van der Waals surface area contributed by atoms with Gasteiger partial charge in [0, 0.05) is 0 Å². The van der Waals surface area contributed by atoms with Crippen LogP contribution in [0.2, 0.25) is 0 Å². The van der Waals surface area contributed by atoms with E-state index in [1.807, 2.05) is 0 Å². The quantitative estimate of drug-likeness (QED) is 0.473. The fourth-order valence-corrected chi connectivity index (χ4v) is 2.76. The Morgan fingerprint density at radius 2 is 1.55 bits per heavy atom. The van der Waals surface area contributed by atoms with Crippen LogP contribution in [0.4, 0.5) is 0 Å². The number of methoxy groups -OCH3 is 3. The van der Waals surface area contributed by atoms with Crippen molar-refractivity contribution < 1.29 is 39.4 Å². The van der Waals surface area contributed by atoms with Crippen LogP contribution in [-0.4, -0.2) is 61.1 Å². The van der Waals surface area contributed by atoms with Crippen LogP contribution in [0.5, 0.6) is 28.7 Å². The average molecular weight is 406 g/mol. The second-order valence-electron chi connectivity index (χ2n) is 6.05. The minimum Gasteiger partial charge on any atom is -0.504 e. The van der Waals surface area contributed by atoms with E-state index < -0.39 is 18.8 Å². The second kappa shape index (κ2) is 10.6. The summed E-state index contributed by atoms with van der Waals surface area (Å²) in [5, 5.41) is 39.4. The molecule has 0 heterocycles. The smallest absolute Gasteiger partial charge is 0.204 e. The van der Waals surface area contributed by atoms with Gasteiger partial charge in [-0.05, 0) is 35.4 Å². The second-order valence-corrected chi connectivity index (χ2v) is 6.05. The topological polar surface area (TPSA) is 118 Å². The number of ether oxygens (including phenoxy) is 4. The third kappa shape index (κ3) is 5.32. The van der Waals surface area contributed by atoms with E-state index in [2.05, 4.69) is 0 Å². The zero-order chi connectivity index (χ0) is 21.4. The molecule has 2 unspecified atom stereocenters. The normalized spacial score (nSPS) is 13.2. The molecular formula is C21H26O8. The van der Waals surface area contributed by atoms with Crippen LogP contribution in [0.15, 0.2) is 36.4 Å². The highest BCUT2D eigenvalue weighted by molar-refractivity contribution is 5.62. The van der Waals surface area contributed by atoms with Crippen molar-refractivity contribution in [3.8, 4) is 28.7 Å². The van der Waals surface area contributed by atoms with Crippen molar-refractivity contribution in [1.29, 1.82) is 0 Å². The number of phenolic OH excluding ortho intramolecular Hbond substituents is 1. The molecule has 0 aliphatic carbocycles. The molecule has 2 aromatic carbocycles. The Balaban J connectivity index is 2.36. The van der Waals surface area contributed by atoms with Crippen LogP contribution in [-0.2, 0) is 0 Å². The lowest BCUT2D eigenvalue weighted by atomic mass is 10.0. The first kappa shape index (κ1) is 22.4. The first-order chi connectivity index (χ1) is 14.0. The van der Waals surface area contributed by atoms with Gasteiger partial charge in [0.05, 0.1) is 34.5 Å². The first-order valence-corrected chi connectivity index (χ1v) is 8.84. The van der Waals surface area contributed by atoms with Gasteiger partial charge in [0.1, 0.15) is 6.10 Å². The molecule has 0 aliphatic heterocycles. The van der Waals surface area contributed by atoms with Crippen molar-refractivity contribution in [3.05, 3.63) is 47.5 Å². The van der Waals surface area contributed by atoms with Gasteiger partial charge in [-0.15, -0.1) is 0 Å². The summed E-state index contributed by atoms with van der Waals surface area (Å²) in [4.78, 5) is 0. The summed E-state index contributed by atoms with van der Waals surface area (Å²) in [6, 6.07) is 7.75. The zero-order valence-corrected chi connectivity index (χ0v) is 16.5. The summed E-state index contributed by atoms with van der Waals surface area (Å²) in [6.07, 6.45) is 0.933. The molecule has 0 aliphatic rings. The number of aromatic hydroxyl groups is 1. The highest BCUT2D eigenvalue weighted by atomic mass is 16.6. The maximum absolute atomic E-state index is 10.7. The third-order valence-corrected chi connectivity index (χ3v) is 4.24. The fourth-order valence-electron chi connectivity index (χ4n) is 2.76. The van der Waals surface area contributed by atoms with Crippen LogP contribution in [0.3, 0.4) is 0 Å². The molecule has 158 valence electrons. The summed E-state index contributed by atoms with van der Waals surface area (Å²) in [7, 11) is 4.32. The Bertz CT molecular complexity index is 808. The van der Waals surface area contributed by atoms with Gasteiger partial charge in [0.15, 0.2) is 29.1 Å². The molecule has 0 saturated carbocycles. The zero-order valence-electron chi connectivity index (χ0n) is 16.5. The molecule has 0 fully saturated rings. The van der Waals surface area contributed by atoms with E-state index >= 15 is 0 Å². The van der Waals surface area contributed by atoms with Gasteiger partial charge in [0.2, 0.25) is 5.75 Å². The van der Waals surface area contributed by atoms with Gasteiger partial charge < -0.3 is 39.4 Å². The van der Waals surface area contributed by atoms with E-state index in [4.69, 9.17) is 24.1 Å². The largest absolute Gasteiger partial charge is 0.504 e. The maximum Gasteiger partial charge on any atom is 0.204 e. The van der Waals surface area contributed by atoms with E-state index in [9.17, 15) is 15.3 Å². The molecule has 0 saturated heterocycles. The van der Waals surface area contributed by atoms with Crippen molar-refractivity contribution in [2.45, 2.75) is 12.2 Å². The molecule has 0 spiro atoms. The van der Waals surface area contributed by atoms with Crippen molar-refractivity contribution >= 4 is 6.08 Å². The number of benzene rings is 2. The molecule has 8 nitrogen and oxygen atoms in total. The number of aliphatic hydroxyl groups is 3.